The fourth-order valence-electron chi connectivity index (χ4n) is 2.25. The summed E-state index contributed by atoms with van der Waals surface area (Å²) < 4.78 is 4.78. The van der Waals surface area contributed by atoms with Gasteiger partial charge in [0.15, 0.2) is 0 Å². The van der Waals surface area contributed by atoms with Crippen molar-refractivity contribution < 1.29 is 14.3 Å². The molecule has 1 aromatic heterocycles. The minimum absolute atomic E-state index is 0.0691. The van der Waals surface area contributed by atoms with Crippen molar-refractivity contribution in [2.24, 2.45) is 0 Å². The largest absolute Gasteiger partial charge is 0.465 e. The van der Waals surface area contributed by atoms with E-state index in [1.165, 1.54) is 4.88 Å². The SMILES string of the molecule is CCOC(=O)CNC(=O)N1CCCC1c1cccs1. The number of hydrogen-bond donors (Lipinski definition) is 1. The third-order valence-electron chi connectivity index (χ3n) is 3.07. The number of ether oxygens (including phenoxy) is 1. The van der Waals surface area contributed by atoms with Crippen LogP contribution >= 0.6 is 11.3 Å². The van der Waals surface area contributed by atoms with Crippen LogP contribution in [0.1, 0.15) is 30.7 Å². The van der Waals surface area contributed by atoms with Crippen molar-refractivity contribution in [2.45, 2.75) is 25.8 Å². The first-order valence-corrected chi connectivity index (χ1v) is 7.34. The molecule has 0 aromatic carbocycles. The topological polar surface area (TPSA) is 58.6 Å². The Morgan fingerprint density at radius 1 is 1.58 bits per heavy atom. The molecule has 0 saturated carbocycles. The van der Waals surface area contributed by atoms with Crippen LogP contribution in [0.3, 0.4) is 0 Å². The van der Waals surface area contributed by atoms with Crippen LogP contribution in [-0.4, -0.2) is 36.6 Å². The van der Waals surface area contributed by atoms with Gasteiger partial charge in [-0.1, -0.05) is 6.07 Å². The van der Waals surface area contributed by atoms with Crippen LogP contribution < -0.4 is 5.32 Å². The monoisotopic (exact) mass is 282 g/mol. The lowest BCUT2D eigenvalue weighted by molar-refractivity contribution is -0.141. The van der Waals surface area contributed by atoms with E-state index in [9.17, 15) is 9.59 Å². The second-order valence-corrected chi connectivity index (χ2v) is 5.31. The molecule has 6 heteroatoms. The second kappa shape index (κ2) is 6.56. The summed E-state index contributed by atoms with van der Waals surface area (Å²) >= 11 is 1.66. The number of amides is 2. The highest BCUT2D eigenvalue weighted by molar-refractivity contribution is 7.10. The molecule has 1 saturated heterocycles. The van der Waals surface area contributed by atoms with Crippen LogP contribution in [0.5, 0.6) is 0 Å². The number of nitrogens with one attached hydrogen (secondary N) is 1. The third kappa shape index (κ3) is 3.47. The molecule has 1 atom stereocenters. The van der Waals surface area contributed by atoms with Gasteiger partial charge in [0.2, 0.25) is 0 Å². The molecule has 104 valence electrons. The van der Waals surface area contributed by atoms with Crippen LogP contribution in [0.15, 0.2) is 17.5 Å². The summed E-state index contributed by atoms with van der Waals surface area (Å²) in [5.74, 6) is -0.400. The van der Waals surface area contributed by atoms with Crippen LogP contribution in [0.4, 0.5) is 4.79 Å². The van der Waals surface area contributed by atoms with Crippen molar-refractivity contribution in [3.05, 3.63) is 22.4 Å². The summed E-state index contributed by atoms with van der Waals surface area (Å²) in [5, 5.41) is 4.63. The molecule has 19 heavy (non-hydrogen) atoms. The van der Waals surface area contributed by atoms with E-state index in [1.54, 1.807) is 23.2 Å². The van der Waals surface area contributed by atoms with E-state index >= 15 is 0 Å². The lowest BCUT2D eigenvalue weighted by Crippen LogP contribution is -2.41. The van der Waals surface area contributed by atoms with Gasteiger partial charge in [-0.25, -0.2) is 4.79 Å². The van der Waals surface area contributed by atoms with Crippen LogP contribution in [0.25, 0.3) is 0 Å². The van der Waals surface area contributed by atoms with Crippen LogP contribution in [0.2, 0.25) is 0 Å². The van der Waals surface area contributed by atoms with Crippen molar-refractivity contribution >= 4 is 23.3 Å². The Labute approximate surface area is 116 Å². The van der Waals surface area contributed by atoms with E-state index in [2.05, 4.69) is 5.32 Å². The Bertz CT molecular complexity index is 433. The number of nitrogens with zero attached hydrogens (tertiary/aromatic N) is 1. The molecule has 0 radical (unpaired) electrons. The number of thiophene rings is 1. The zero-order valence-electron chi connectivity index (χ0n) is 10.9. The first-order valence-electron chi connectivity index (χ1n) is 6.46. The maximum Gasteiger partial charge on any atom is 0.325 e. The van der Waals surface area contributed by atoms with Gasteiger partial charge in [0.05, 0.1) is 12.6 Å². The zero-order valence-corrected chi connectivity index (χ0v) is 11.7. The highest BCUT2D eigenvalue weighted by Crippen LogP contribution is 2.34. The minimum Gasteiger partial charge on any atom is -0.465 e. The highest BCUT2D eigenvalue weighted by atomic mass is 32.1. The summed E-state index contributed by atoms with van der Waals surface area (Å²) in [5.41, 5.74) is 0. The molecule has 2 heterocycles. The molecule has 0 spiro atoms. The lowest BCUT2D eigenvalue weighted by atomic mass is 10.2. The van der Waals surface area contributed by atoms with Gasteiger partial charge < -0.3 is 15.0 Å². The summed E-state index contributed by atoms with van der Waals surface area (Å²) in [4.78, 5) is 26.3. The smallest absolute Gasteiger partial charge is 0.325 e. The lowest BCUT2D eigenvalue weighted by Gasteiger charge is -2.23. The van der Waals surface area contributed by atoms with E-state index < -0.39 is 5.97 Å². The number of hydrogen-bond acceptors (Lipinski definition) is 4. The molecule has 2 rings (SSSR count). The van der Waals surface area contributed by atoms with Gasteiger partial charge in [0.25, 0.3) is 0 Å². The summed E-state index contributed by atoms with van der Waals surface area (Å²) in [7, 11) is 0. The van der Waals surface area contributed by atoms with Gasteiger partial charge in [0.1, 0.15) is 6.54 Å². The van der Waals surface area contributed by atoms with Gasteiger partial charge in [-0.05, 0) is 31.2 Å². The number of carbonyl (C=O) groups is 2. The molecule has 1 aliphatic heterocycles. The predicted molar refractivity (Wildman–Crippen MR) is 73.0 cm³/mol. The molecule has 5 nitrogen and oxygen atoms in total. The molecule has 1 N–H and O–H groups in total. The number of rotatable bonds is 4. The quantitative estimate of drug-likeness (QED) is 0.861. The van der Waals surface area contributed by atoms with Gasteiger partial charge in [-0.15, -0.1) is 11.3 Å². The van der Waals surface area contributed by atoms with Crippen LogP contribution in [-0.2, 0) is 9.53 Å². The molecule has 2 amide bonds. The molecule has 1 unspecified atom stereocenters. The van der Waals surface area contributed by atoms with Crippen molar-refractivity contribution in [2.75, 3.05) is 19.7 Å². The molecule has 0 bridgehead atoms. The standard InChI is InChI=1S/C13H18N2O3S/c1-2-18-12(16)9-14-13(17)15-7-3-5-10(15)11-6-4-8-19-11/h4,6,8,10H,2-3,5,7,9H2,1H3,(H,14,17). The van der Waals surface area contributed by atoms with E-state index in [0.717, 1.165) is 19.4 Å². The van der Waals surface area contributed by atoms with E-state index in [0.29, 0.717) is 6.61 Å². The Balaban J connectivity index is 1.89. The summed E-state index contributed by atoms with van der Waals surface area (Å²) in [6.45, 7) is 2.74. The van der Waals surface area contributed by atoms with Crippen molar-refractivity contribution in [3.8, 4) is 0 Å². The Morgan fingerprint density at radius 2 is 2.42 bits per heavy atom. The number of esters is 1. The van der Waals surface area contributed by atoms with Gasteiger partial charge >= 0.3 is 12.0 Å². The van der Waals surface area contributed by atoms with Gasteiger partial charge in [-0.3, -0.25) is 4.79 Å². The van der Waals surface area contributed by atoms with Gasteiger partial charge in [-0.2, -0.15) is 0 Å². The van der Waals surface area contributed by atoms with E-state index in [4.69, 9.17) is 4.74 Å². The van der Waals surface area contributed by atoms with Crippen molar-refractivity contribution in [1.29, 1.82) is 0 Å². The Hall–Kier alpha value is -1.56. The van der Waals surface area contributed by atoms with E-state index in [-0.39, 0.29) is 18.6 Å². The average molecular weight is 282 g/mol. The molecule has 1 aliphatic rings. The summed E-state index contributed by atoms with van der Waals surface area (Å²) in [6.07, 6.45) is 1.97. The van der Waals surface area contributed by atoms with Crippen molar-refractivity contribution in [1.82, 2.24) is 10.2 Å². The summed E-state index contributed by atoms with van der Waals surface area (Å²) in [6, 6.07) is 3.99. The highest BCUT2D eigenvalue weighted by Gasteiger charge is 2.30. The molecule has 1 aromatic rings. The molecular formula is C13H18N2O3S. The third-order valence-corrected chi connectivity index (χ3v) is 4.05. The maximum atomic E-state index is 12.1. The first kappa shape index (κ1) is 13.9. The first-order chi connectivity index (χ1) is 9.22. The minimum atomic E-state index is -0.400. The molecular weight excluding hydrogens is 264 g/mol. The van der Waals surface area contributed by atoms with Crippen molar-refractivity contribution in [3.63, 3.8) is 0 Å². The van der Waals surface area contributed by atoms with Crippen LogP contribution in [0, 0.1) is 0 Å². The fraction of sp³-hybridized carbons (Fsp3) is 0.538. The normalized spacial score (nSPS) is 18.4. The zero-order chi connectivity index (χ0) is 13.7. The predicted octanol–water partition coefficient (Wildman–Crippen LogP) is 2.16. The molecule has 0 aliphatic carbocycles. The number of urea groups is 1. The second-order valence-electron chi connectivity index (χ2n) is 4.33. The number of carbonyl (C=O) groups excluding carboxylic acids is 2. The maximum absolute atomic E-state index is 12.1. The Morgan fingerprint density at radius 3 is 3.11 bits per heavy atom. The average Bonchev–Trinajstić information content (AvgIpc) is 3.05. The molecule has 1 fully saturated rings. The fourth-order valence-corrected chi connectivity index (χ4v) is 3.12. The van der Waals surface area contributed by atoms with E-state index in [1.807, 2.05) is 17.5 Å². The Kier molecular flexibility index (Phi) is 4.79. The van der Waals surface area contributed by atoms with Gasteiger partial charge in [0, 0.05) is 11.4 Å². The number of likely N-dealkylation sites (tertiary alicyclic amines) is 1.